The van der Waals surface area contributed by atoms with Crippen LogP contribution in [-0.4, -0.2) is 14.1 Å². The molecule has 0 N–H and O–H groups in total. The first-order valence-corrected chi connectivity index (χ1v) is 15.6. The maximum atomic E-state index is 5.41. The van der Waals surface area contributed by atoms with E-state index in [1.165, 1.54) is 68.1 Å². The maximum absolute atomic E-state index is 5.41. The summed E-state index contributed by atoms with van der Waals surface area (Å²) in [6.07, 6.45) is 4.64. The molecule has 0 aliphatic heterocycles. The van der Waals surface area contributed by atoms with Gasteiger partial charge < -0.3 is 4.57 Å². The molecule has 3 nitrogen and oxygen atoms in total. The third-order valence-corrected chi connectivity index (χ3v) is 9.30. The van der Waals surface area contributed by atoms with Gasteiger partial charge in [0.15, 0.2) is 0 Å². The zero-order valence-corrected chi connectivity index (χ0v) is 24.4. The van der Waals surface area contributed by atoms with Gasteiger partial charge in [-0.25, -0.2) is 4.98 Å². The van der Waals surface area contributed by atoms with Crippen molar-refractivity contribution >= 4 is 32.7 Å². The number of para-hydroxylation sites is 2. The number of aromatic nitrogens is 3. The van der Waals surface area contributed by atoms with Gasteiger partial charge in [0.1, 0.15) is 5.82 Å². The Bertz CT molecular complexity index is 2250. The minimum Gasteiger partial charge on any atom is -0.313 e. The smallest absolute Gasteiger partial charge is 0.138 e. The molecule has 0 saturated heterocycles. The Balaban J connectivity index is 1.43. The van der Waals surface area contributed by atoms with Gasteiger partial charge in [0.25, 0.3) is 0 Å². The van der Waals surface area contributed by atoms with Crippen molar-refractivity contribution in [3.63, 3.8) is 0 Å². The molecule has 0 bridgehead atoms. The van der Waals surface area contributed by atoms with E-state index in [2.05, 4.69) is 149 Å². The highest BCUT2D eigenvalue weighted by molar-refractivity contribution is 6.19. The fourth-order valence-electron chi connectivity index (χ4n) is 7.38. The van der Waals surface area contributed by atoms with E-state index in [1.807, 2.05) is 0 Å². The molecule has 0 fully saturated rings. The highest BCUT2D eigenvalue weighted by Crippen LogP contribution is 2.43. The van der Waals surface area contributed by atoms with Crippen LogP contribution >= 0.6 is 0 Å². The predicted molar refractivity (Wildman–Crippen MR) is 183 cm³/mol. The van der Waals surface area contributed by atoms with E-state index in [0.717, 1.165) is 35.5 Å². The van der Waals surface area contributed by atoms with Gasteiger partial charge in [0, 0.05) is 33.1 Å². The number of fused-ring (bicyclic) bond motifs is 7. The molecular weight excluding hydrogens is 534 g/mol. The predicted octanol–water partition coefficient (Wildman–Crippen LogP) is 10.3. The molecule has 1 aliphatic carbocycles. The number of aryl methyl sites for hydroxylation is 1. The van der Waals surface area contributed by atoms with Crippen LogP contribution in [0.5, 0.6) is 0 Å². The zero-order valence-electron chi connectivity index (χ0n) is 24.4. The van der Waals surface area contributed by atoms with Crippen molar-refractivity contribution in [3.8, 4) is 33.9 Å². The quantitative estimate of drug-likeness (QED) is 0.208. The summed E-state index contributed by atoms with van der Waals surface area (Å²) in [6, 6.07) is 50.1. The highest BCUT2D eigenvalue weighted by Gasteiger charge is 2.26. The van der Waals surface area contributed by atoms with Crippen LogP contribution in [0.4, 0.5) is 0 Å². The molecule has 44 heavy (non-hydrogen) atoms. The lowest BCUT2D eigenvalue weighted by atomic mass is 9.94. The minimum absolute atomic E-state index is 0.945. The Morgan fingerprint density at radius 2 is 1.18 bits per heavy atom. The van der Waals surface area contributed by atoms with Crippen molar-refractivity contribution in [3.05, 3.63) is 151 Å². The second kappa shape index (κ2) is 10.1. The molecule has 0 radical (unpaired) electrons. The molecular formula is C41H31N3. The Hall–Kier alpha value is -5.41. The number of hydrogen-bond donors (Lipinski definition) is 0. The minimum atomic E-state index is 0.945. The third kappa shape index (κ3) is 3.86. The molecule has 1 aliphatic rings. The lowest BCUT2D eigenvalue weighted by Gasteiger charge is -2.16. The average molecular weight is 566 g/mol. The van der Waals surface area contributed by atoms with Gasteiger partial charge in [-0.05, 0) is 78.8 Å². The molecule has 0 spiro atoms. The molecule has 210 valence electrons. The molecule has 9 rings (SSSR count). The largest absolute Gasteiger partial charge is 0.313 e. The lowest BCUT2D eigenvalue weighted by molar-refractivity contribution is 0.667. The van der Waals surface area contributed by atoms with E-state index in [4.69, 9.17) is 4.98 Å². The van der Waals surface area contributed by atoms with E-state index in [9.17, 15) is 0 Å². The summed E-state index contributed by atoms with van der Waals surface area (Å²) in [5.74, 6) is 0.945. The number of hydrogen-bond acceptors (Lipinski definition) is 1. The fourth-order valence-corrected chi connectivity index (χ4v) is 7.38. The van der Waals surface area contributed by atoms with Gasteiger partial charge in [0.2, 0.25) is 0 Å². The SMILES string of the molecule is c1ccc(-c2cc(-c3ccccc3)nc(-n3c4ccccc4c4ccc5c(c6c(n5-c5ccccc5)CCCC6)c43)c2)cc1. The van der Waals surface area contributed by atoms with Crippen LogP contribution < -0.4 is 0 Å². The summed E-state index contributed by atoms with van der Waals surface area (Å²) in [7, 11) is 0. The monoisotopic (exact) mass is 565 g/mol. The zero-order chi connectivity index (χ0) is 29.0. The van der Waals surface area contributed by atoms with Gasteiger partial charge in [-0.15, -0.1) is 0 Å². The lowest BCUT2D eigenvalue weighted by Crippen LogP contribution is -2.06. The molecule has 0 unspecified atom stereocenters. The standard InChI is InChI=1S/C41H31N3/c1-4-14-28(15-5-1)30-26-35(29-16-6-2-7-17-29)42-39(27-30)44-36-22-12-10-20-32(36)33-24-25-38-40(41(33)44)34-21-11-13-23-37(34)43(38)31-18-8-3-9-19-31/h1-10,12,14-20,22,24-27H,11,13,21,23H2. The first kappa shape index (κ1) is 25.1. The molecule has 8 aromatic rings. The summed E-state index contributed by atoms with van der Waals surface area (Å²) in [5, 5.41) is 3.90. The highest BCUT2D eigenvalue weighted by atomic mass is 15.1. The average Bonchev–Trinajstić information content (AvgIpc) is 3.62. The molecule has 3 heterocycles. The van der Waals surface area contributed by atoms with Crippen molar-refractivity contribution in [1.82, 2.24) is 14.1 Å². The fraction of sp³-hybridized carbons (Fsp3) is 0.0976. The molecule has 3 heteroatoms. The van der Waals surface area contributed by atoms with E-state index >= 15 is 0 Å². The Labute approximate surface area is 256 Å². The number of benzene rings is 5. The van der Waals surface area contributed by atoms with E-state index in [0.29, 0.717) is 0 Å². The van der Waals surface area contributed by atoms with Gasteiger partial charge in [-0.3, -0.25) is 4.57 Å². The molecule has 5 aromatic carbocycles. The summed E-state index contributed by atoms with van der Waals surface area (Å²) < 4.78 is 4.96. The Morgan fingerprint density at radius 3 is 1.98 bits per heavy atom. The van der Waals surface area contributed by atoms with E-state index < -0.39 is 0 Å². The molecule has 3 aromatic heterocycles. The molecule has 0 amide bonds. The van der Waals surface area contributed by atoms with Crippen LogP contribution in [0.1, 0.15) is 24.1 Å². The van der Waals surface area contributed by atoms with Gasteiger partial charge >= 0.3 is 0 Å². The Morgan fingerprint density at radius 1 is 0.500 bits per heavy atom. The maximum Gasteiger partial charge on any atom is 0.138 e. The van der Waals surface area contributed by atoms with Crippen LogP contribution in [0, 0.1) is 0 Å². The van der Waals surface area contributed by atoms with Crippen molar-refractivity contribution in [2.45, 2.75) is 25.7 Å². The number of nitrogens with zero attached hydrogens (tertiary/aromatic N) is 3. The molecule has 0 atom stereocenters. The van der Waals surface area contributed by atoms with E-state index in [1.54, 1.807) is 0 Å². The van der Waals surface area contributed by atoms with Crippen molar-refractivity contribution < 1.29 is 0 Å². The normalized spacial score (nSPS) is 13.1. The second-order valence-electron chi connectivity index (χ2n) is 11.8. The summed E-state index contributed by atoms with van der Waals surface area (Å²) in [6.45, 7) is 0. The van der Waals surface area contributed by atoms with Crippen molar-refractivity contribution in [2.75, 3.05) is 0 Å². The van der Waals surface area contributed by atoms with Gasteiger partial charge in [0.05, 0.1) is 22.2 Å². The number of rotatable bonds is 4. The topological polar surface area (TPSA) is 22.8 Å². The summed E-state index contributed by atoms with van der Waals surface area (Å²) in [5.41, 5.74) is 12.3. The first-order chi connectivity index (χ1) is 21.8. The van der Waals surface area contributed by atoms with Gasteiger partial charge in [-0.2, -0.15) is 0 Å². The van der Waals surface area contributed by atoms with Crippen molar-refractivity contribution in [2.24, 2.45) is 0 Å². The summed E-state index contributed by atoms with van der Waals surface area (Å²) in [4.78, 5) is 5.41. The second-order valence-corrected chi connectivity index (χ2v) is 11.8. The molecule has 0 saturated carbocycles. The van der Waals surface area contributed by atoms with Crippen LogP contribution in [0.15, 0.2) is 140 Å². The van der Waals surface area contributed by atoms with Crippen LogP contribution in [-0.2, 0) is 12.8 Å². The van der Waals surface area contributed by atoms with Gasteiger partial charge in [-0.1, -0.05) is 103 Å². The summed E-state index contributed by atoms with van der Waals surface area (Å²) >= 11 is 0. The van der Waals surface area contributed by atoms with Crippen molar-refractivity contribution in [1.29, 1.82) is 0 Å². The van der Waals surface area contributed by atoms with Crippen LogP contribution in [0.3, 0.4) is 0 Å². The van der Waals surface area contributed by atoms with Crippen LogP contribution in [0.2, 0.25) is 0 Å². The number of pyridine rings is 1. The van der Waals surface area contributed by atoms with Crippen LogP contribution in [0.25, 0.3) is 66.6 Å². The third-order valence-electron chi connectivity index (χ3n) is 9.30. The Kier molecular flexibility index (Phi) is 5.77. The van der Waals surface area contributed by atoms with E-state index in [-0.39, 0.29) is 0 Å². The first-order valence-electron chi connectivity index (χ1n) is 15.6.